The van der Waals surface area contributed by atoms with Crippen LogP contribution in [0.3, 0.4) is 0 Å². The maximum Gasteiger partial charge on any atom is 0.220 e. The molecular formula is C58H107NO18. The largest absolute Gasteiger partial charge is 0.394 e. The van der Waals surface area contributed by atoms with E-state index >= 15 is 0 Å². The third-order valence-electron chi connectivity index (χ3n) is 15.2. The van der Waals surface area contributed by atoms with E-state index in [1.165, 1.54) is 122 Å². The Morgan fingerprint density at radius 2 is 0.818 bits per heavy atom. The first-order valence-corrected chi connectivity index (χ1v) is 30.1. The Labute approximate surface area is 460 Å². The summed E-state index contributed by atoms with van der Waals surface area (Å²) in [6, 6.07) is -0.972. The first-order chi connectivity index (χ1) is 37.3. The minimum Gasteiger partial charge on any atom is -0.394 e. The molecule has 3 heterocycles. The van der Waals surface area contributed by atoms with E-state index in [0.29, 0.717) is 6.42 Å². The van der Waals surface area contributed by atoms with Crippen LogP contribution in [0.25, 0.3) is 0 Å². The van der Waals surface area contributed by atoms with Crippen molar-refractivity contribution in [3.63, 3.8) is 0 Å². The van der Waals surface area contributed by atoms with Crippen molar-refractivity contribution in [2.24, 2.45) is 0 Å². The second kappa shape index (κ2) is 42.1. The van der Waals surface area contributed by atoms with Crippen LogP contribution in [0.2, 0.25) is 0 Å². The van der Waals surface area contributed by atoms with E-state index in [1.54, 1.807) is 6.08 Å². The SMILES string of the molecule is CCCCCCCCC/C=C\CCCCCCCCCC(=O)NC(COC1OC(CO)C(OC2OC(CO)C(OC3OC(CO)C(O)C(O)C3O)C(O)C2O)C(O)C1O)C(O)/C=C/CCCCCCCCCCCCCC. The fourth-order valence-electron chi connectivity index (χ4n) is 10.2. The number of rotatable bonds is 44. The molecule has 3 aliphatic heterocycles. The van der Waals surface area contributed by atoms with Gasteiger partial charge in [0.25, 0.3) is 0 Å². The number of carbonyl (C=O) groups is 1. The number of amides is 1. The van der Waals surface area contributed by atoms with Gasteiger partial charge in [-0.05, 0) is 44.9 Å². The zero-order valence-electron chi connectivity index (χ0n) is 46.9. The van der Waals surface area contributed by atoms with Crippen molar-refractivity contribution in [1.82, 2.24) is 5.32 Å². The van der Waals surface area contributed by atoms with Crippen LogP contribution in [0.15, 0.2) is 24.3 Å². The van der Waals surface area contributed by atoms with E-state index in [0.717, 1.165) is 57.8 Å². The molecule has 1 amide bonds. The molecule has 3 saturated heterocycles. The van der Waals surface area contributed by atoms with Crippen molar-refractivity contribution in [1.29, 1.82) is 0 Å². The first-order valence-electron chi connectivity index (χ1n) is 30.1. The van der Waals surface area contributed by atoms with Crippen molar-refractivity contribution in [3.05, 3.63) is 24.3 Å². The zero-order chi connectivity index (χ0) is 56.2. The van der Waals surface area contributed by atoms with Crippen LogP contribution in [-0.4, -0.2) is 193 Å². The van der Waals surface area contributed by atoms with Crippen molar-refractivity contribution in [2.45, 2.75) is 311 Å². The Hall–Kier alpha value is -1.73. The monoisotopic (exact) mass is 1110 g/mol. The minimum atomic E-state index is -1.98. The van der Waals surface area contributed by atoms with Gasteiger partial charge in [-0.15, -0.1) is 0 Å². The molecule has 0 radical (unpaired) electrons. The predicted molar refractivity (Wildman–Crippen MR) is 291 cm³/mol. The lowest BCUT2D eigenvalue weighted by Crippen LogP contribution is -2.66. The van der Waals surface area contributed by atoms with Gasteiger partial charge in [0, 0.05) is 6.42 Å². The molecule has 19 heteroatoms. The lowest BCUT2D eigenvalue weighted by Gasteiger charge is -2.48. The van der Waals surface area contributed by atoms with Crippen molar-refractivity contribution in [2.75, 3.05) is 26.4 Å². The number of hydrogen-bond acceptors (Lipinski definition) is 18. The summed E-state index contributed by atoms with van der Waals surface area (Å²) < 4.78 is 34.2. The first kappa shape index (κ1) is 69.5. The van der Waals surface area contributed by atoms with E-state index < -0.39 is 124 Å². The van der Waals surface area contributed by atoms with Gasteiger partial charge in [-0.2, -0.15) is 0 Å². The van der Waals surface area contributed by atoms with Gasteiger partial charge in [0.15, 0.2) is 18.9 Å². The summed E-state index contributed by atoms with van der Waals surface area (Å²) in [7, 11) is 0. The molecule has 0 bridgehead atoms. The Kier molecular flexibility index (Phi) is 38.1. The summed E-state index contributed by atoms with van der Waals surface area (Å²) in [5.41, 5.74) is 0. The van der Waals surface area contributed by atoms with E-state index in [-0.39, 0.29) is 18.9 Å². The standard InChI is InChI=1S/C58H107NO18/c1-3-5-7-9-11-13-15-17-19-20-21-22-24-26-28-30-32-34-36-46(64)59-41(42(63)35-33-31-29-27-25-23-18-16-14-12-10-8-6-4-2)40-72-56-52(70)49(67)54(44(38-61)74-56)77-58-53(71)50(68)55(45(39-62)75-58)76-57-51(69)48(66)47(65)43(37-60)73-57/h19-20,33,35,41-45,47-58,60-63,65-71H,3-18,21-32,34,36-40H2,1-2H3,(H,59,64)/b20-19-,35-33+. The number of unbranched alkanes of at least 4 members (excludes halogenated alkanes) is 26. The van der Waals surface area contributed by atoms with E-state index in [2.05, 4.69) is 31.3 Å². The van der Waals surface area contributed by atoms with Gasteiger partial charge in [0.2, 0.25) is 5.91 Å². The Morgan fingerprint density at radius 3 is 1.26 bits per heavy atom. The van der Waals surface area contributed by atoms with Crippen LogP contribution in [0.1, 0.15) is 206 Å². The van der Waals surface area contributed by atoms with Crippen molar-refractivity contribution < 1.29 is 89.4 Å². The highest BCUT2D eigenvalue weighted by molar-refractivity contribution is 5.76. The molecular weight excluding hydrogens is 999 g/mol. The average Bonchev–Trinajstić information content (AvgIpc) is 3.42. The van der Waals surface area contributed by atoms with Crippen LogP contribution in [0.5, 0.6) is 0 Å². The molecule has 0 saturated carbocycles. The van der Waals surface area contributed by atoms with Crippen LogP contribution < -0.4 is 5.32 Å². The van der Waals surface area contributed by atoms with E-state index in [4.69, 9.17) is 28.4 Å². The highest BCUT2D eigenvalue weighted by atomic mass is 16.8. The van der Waals surface area contributed by atoms with Crippen LogP contribution in [-0.2, 0) is 33.2 Å². The number of hydrogen-bond donors (Lipinski definition) is 12. The van der Waals surface area contributed by atoms with Gasteiger partial charge in [-0.1, -0.05) is 179 Å². The molecule has 77 heavy (non-hydrogen) atoms. The van der Waals surface area contributed by atoms with Gasteiger partial charge in [-0.3, -0.25) is 4.79 Å². The number of allylic oxidation sites excluding steroid dienone is 3. The molecule has 12 N–H and O–H groups in total. The Balaban J connectivity index is 1.51. The van der Waals surface area contributed by atoms with Crippen LogP contribution >= 0.6 is 0 Å². The lowest BCUT2D eigenvalue weighted by molar-refractivity contribution is -0.379. The Bertz CT molecular complexity index is 1510. The van der Waals surface area contributed by atoms with E-state index in [1.807, 2.05) is 6.08 Å². The maximum atomic E-state index is 13.3. The van der Waals surface area contributed by atoms with Crippen molar-refractivity contribution >= 4 is 5.91 Å². The fourth-order valence-corrected chi connectivity index (χ4v) is 10.2. The summed E-state index contributed by atoms with van der Waals surface area (Å²) in [5, 5.41) is 120. The van der Waals surface area contributed by atoms with Gasteiger partial charge in [-0.25, -0.2) is 0 Å². The number of aliphatic hydroxyl groups is 11. The molecule has 452 valence electrons. The lowest BCUT2D eigenvalue weighted by atomic mass is 9.96. The normalized spacial score (nSPS) is 30.8. The molecule has 0 aromatic heterocycles. The van der Waals surface area contributed by atoms with Crippen molar-refractivity contribution in [3.8, 4) is 0 Å². The maximum absolute atomic E-state index is 13.3. The molecule has 0 aromatic rings. The number of carbonyl (C=O) groups excluding carboxylic acids is 1. The number of nitrogens with one attached hydrogen (secondary N) is 1. The van der Waals surface area contributed by atoms with Gasteiger partial charge >= 0.3 is 0 Å². The third kappa shape index (κ3) is 26.4. The molecule has 17 atom stereocenters. The molecule has 0 aromatic carbocycles. The molecule has 17 unspecified atom stereocenters. The molecule has 19 nitrogen and oxygen atoms in total. The van der Waals surface area contributed by atoms with Gasteiger partial charge < -0.3 is 89.9 Å². The summed E-state index contributed by atoms with van der Waals surface area (Å²) >= 11 is 0. The average molecular weight is 1110 g/mol. The molecule has 3 aliphatic rings. The number of aliphatic hydroxyl groups excluding tert-OH is 11. The molecule has 3 fully saturated rings. The summed E-state index contributed by atoms with van der Waals surface area (Å²) in [6.45, 7) is 1.71. The Morgan fingerprint density at radius 1 is 0.455 bits per heavy atom. The third-order valence-corrected chi connectivity index (χ3v) is 15.2. The van der Waals surface area contributed by atoms with E-state index in [9.17, 15) is 61.0 Å². The second-order valence-corrected chi connectivity index (χ2v) is 21.8. The predicted octanol–water partition coefficient (Wildman–Crippen LogP) is 5.15. The highest BCUT2D eigenvalue weighted by Gasteiger charge is 2.53. The van der Waals surface area contributed by atoms with Gasteiger partial charge in [0.1, 0.15) is 73.2 Å². The number of ether oxygens (including phenoxy) is 6. The minimum absolute atomic E-state index is 0.240. The zero-order valence-corrected chi connectivity index (χ0v) is 46.9. The quantitative estimate of drug-likeness (QED) is 0.0277. The van der Waals surface area contributed by atoms with Gasteiger partial charge in [0.05, 0.1) is 38.6 Å². The highest BCUT2D eigenvalue weighted by Crippen LogP contribution is 2.33. The summed E-state index contributed by atoms with van der Waals surface area (Å²) in [6.07, 6.45) is 15.8. The topological polar surface area (TPSA) is 307 Å². The summed E-state index contributed by atoms with van der Waals surface area (Å²) in [5.74, 6) is -0.280. The summed E-state index contributed by atoms with van der Waals surface area (Å²) in [4.78, 5) is 13.3. The smallest absolute Gasteiger partial charge is 0.220 e. The molecule has 0 spiro atoms. The fraction of sp³-hybridized carbons (Fsp3) is 0.914. The van der Waals surface area contributed by atoms with Crippen LogP contribution in [0.4, 0.5) is 0 Å². The molecule has 3 rings (SSSR count). The molecule has 0 aliphatic carbocycles. The van der Waals surface area contributed by atoms with Crippen LogP contribution in [0, 0.1) is 0 Å². The second-order valence-electron chi connectivity index (χ2n) is 21.8.